The molecule has 1 spiro atoms. The van der Waals surface area contributed by atoms with Crippen molar-refractivity contribution in [3.63, 3.8) is 0 Å². The first-order chi connectivity index (χ1) is 18.3. The van der Waals surface area contributed by atoms with Crippen LogP contribution in [-0.2, 0) is 15.0 Å². The van der Waals surface area contributed by atoms with Crippen molar-refractivity contribution in [1.82, 2.24) is 5.32 Å². The van der Waals surface area contributed by atoms with Crippen molar-refractivity contribution in [2.75, 3.05) is 10.6 Å². The number of hydrogen-bond donors (Lipinski definition) is 4. The fraction of sp³-hybridized carbons (Fsp3) is 0.321. The van der Waals surface area contributed by atoms with Gasteiger partial charge in [-0.1, -0.05) is 62.2 Å². The van der Waals surface area contributed by atoms with Crippen LogP contribution in [0.1, 0.15) is 53.9 Å². The number of nitrogens with one attached hydrogen (secondary N) is 3. The van der Waals surface area contributed by atoms with Gasteiger partial charge in [0.05, 0.1) is 20.9 Å². The lowest BCUT2D eigenvalue weighted by Crippen LogP contribution is -2.49. The number of thiophene rings is 1. The number of carbonyl (C=O) groups is 3. The van der Waals surface area contributed by atoms with Crippen LogP contribution in [0.3, 0.4) is 0 Å². The van der Waals surface area contributed by atoms with Gasteiger partial charge in [-0.05, 0) is 53.3 Å². The molecule has 0 saturated carbocycles. The normalized spacial score (nSPS) is 24.1. The van der Waals surface area contributed by atoms with E-state index >= 15 is 4.39 Å². The molecule has 2 aromatic carbocycles. The first-order valence-electron chi connectivity index (χ1n) is 12.3. The molecule has 5 rings (SSSR count). The highest BCUT2D eigenvalue weighted by Crippen LogP contribution is 2.57. The van der Waals surface area contributed by atoms with E-state index in [1.165, 1.54) is 12.1 Å². The molecule has 2 aliphatic heterocycles. The maximum atomic E-state index is 15.8. The SMILES string of the molecule is CC(C)(C)C[C@@H]1N[C@@H](C(=O)Nc2ccc(C(N)=O)s2)[C@@H](c2cccc(Cl)c2F)C12C(=O)Nc1cc(Cl)ccc12. The molecule has 2 aliphatic rings. The molecule has 1 fully saturated rings. The quantitative estimate of drug-likeness (QED) is 0.307. The maximum Gasteiger partial charge on any atom is 0.258 e. The fourth-order valence-corrected chi connectivity index (χ4v) is 7.00. The summed E-state index contributed by atoms with van der Waals surface area (Å²) in [5, 5.41) is 9.91. The standard InChI is InChI=1S/C28H27Cl2FN4O3S/c1-27(2,3)12-19-28(15-8-7-13(29)11-17(15)33-26(28)38)21(14-5-4-6-16(30)22(14)31)23(34-19)25(37)35-20-10-9-18(39-20)24(32)36/h4-11,19,21,23,34H,12H2,1-3H3,(H2,32,36)(H,33,38)(H,35,37)/t19-,21+,23+,28?/m0/s1. The molecule has 7 nitrogen and oxygen atoms in total. The second kappa shape index (κ2) is 9.89. The van der Waals surface area contributed by atoms with Gasteiger partial charge in [0.15, 0.2) is 0 Å². The predicted octanol–water partition coefficient (Wildman–Crippen LogP) is 5.68. The second-order valence-corrected chi connectivity index (χ2v) is 13.0. The number of primary amides is 1. The van der Waals surface area contributed by atoms with Gasteiger partial charge in [-0.25, -0.2) is 4.39 Å². The topological polar surface area (TPSA) is 113 Å². The van der Waals surface area contributed by atoms with Crippen LogP contribution in [-0.4, -0.2) is 29.8 Å². The third-order valence-electron chi connectivity index (χ3n) is 7.32. The minimum Gasteiger partial charge on any atom is -0.365 e. The number of hydrogen-bond acceptors (Lipinski definition) is 5. The molecule has 1 saturated heterocycles. The van der Waals surface area contributed by atoms with Crippen molar-refractivity contribution in [3.05, 3.63) is 80.4 Å². The third kappa shape index (κ3) is 4.71. The van der Waals surface area contributed by atoms with Crippen molar-refractivity contribution >= 4 is 62.9 Å². The number of halogens is 3. The van der Waals surface area contributed by atoms with Gasteiger partial charge in [-0.3, -0.25) is 14.4 Å². The lowest BCUT2D eigenvalue weighted by atomic mass is 9.62. The van der Waals surface area contributed by atoms with E-state index < -0.39 is 41.0 Å². The first kappa shape index (κ1) is 27.6. The van der Waals surface area contributed by atoms with E-state index in [0.717, 1.165) is 11.3 Å². The van der Waals surface area contributed by atoms with Crippen LogP contribution in [0.2, 0.25) is 10.0 Å². The van der Waals surface area contributed by atoms with Crippen LogP contribution in [0.4, 0.5) is 15.1 Å². The molecular formula is C28H27Cl2FN4O3S. The number of benzene rings is 2. The van der Waals surface area contributed by atoms with E-state index in [0.29, 0.717) is 27.7 Å². The molecule has 1 unspecified atom stereocenters. The summed E-state index contributed by atoms with van der Waals surface area (Å²) in [4.78, 5) is 39.9. The predicted molar refractivity (Wildman–Crippen MR) is 152 cm³/mol. The Balaban J connectivity index is 1.71. The fourth-order valence-electron chi connectivity index (χ4n) is 5.89. The zero-order valence-electron chi connectivity index (χ0n) is 21.4. The molecule has 3 aromatic rings. The lowest BCUT2D eigenvalue weighted by Gasteiger charge is -2.37. The molecule has 4 atom stereocenters. The van der Waals surface area contributed by atoms with Gasteiger partial charge in [0, 0.05) is 22.7 Å². The molecule has 3 amide bonds. The van der Waals surface area contributed by atoms with E-state index in [-0.39, 0.29) is 26.8 Å². The first-order valence-corrected chi connectivity index (χ1v) is 13.9. The molecule has 3 heterocycles. The van der Waals surface area contributed by atoms with E-state index in [9.17, 15) is 14.4 Å². The molecule has 11 heteroatoms. The van der Waals surface area contributed by atoms with Gasteiger partial charge in [-0.15, -0.1) is 11.3 Å². The monoisotopic (exact) mass is 588 g/mol. The van der Waals surface area contributed by atoms with Crippen LogP contribution in [0, 0.1) is 11.2 Å². The summed E-state index contributed by atoms with van der Waals surface area (Å²) in [5.74, 6) is -3.11. The van der Waals surface area contributed by atoms with Crippen molar-refractivity contribution in [3.8, 4) is 0 Å². The van der Waals surface area contributed by atoms with Gasteiger partial charge in [0.1, 0.15) is 11.2 Å². The summed E-state index contributed by atoms with van der Waals surface area (Å²) < 4.78 is 15.8. The van der Waals surface area contributed by atoms with E-state index in [2.05, 4.69) is 16.0 Å². The van der Waals surface area contributed by atoms with Crippen LogP contribution in [0.15, 0.2) is 48.5 Å². The number of amides is 3. The number of rotatable bonds is 5. The number of fused-ring (bicyclic) bond motifs is 2. The minimum absolute atomic E-state index is 0.111. The summed E-state index contributed by atoms with van der Waals surface area (Å²) in [6.45, 7) is 6.12. The largest absolute Gasteiger partial charge is 0.365 e. The van der Waals surface area contributed by atoms with Crippen molar-refractivity contribution < 1.29 is 18.8 Å². The van der Waals surface area contributed by atoms with Crippen molar-refractivity contribution in [2.24, 2.45) is 11.1 Å². The molecule has 1 aromatic heterocycles. The Morgan fingerprint density at radius 3 is 2.56 bits per heavy atom. The van der Waals surface area contributed by atoms with Gasteiger partial charge in [-0.2, -0.15) is 0 Å². The lowest BCUT2D eigenvalue weighted by molar-refractivity contribution is -0.122. The summed E-state index contributed by atoms with van der Waals surface area (Å²) >= 11 is 13.5. The second-order valence-electron chi connectivity index (χ2n) is 11.1. The van der Waals surface area contributed by atoms with Crippen LogP contribution in [0.25, 0.3) is 0 Å². The maximum absolute atomic E-state index is 15.8. The molecule has 39 heavy (non-hydrogen) atoms. The Bertz CT molecular complexity index is 1500. The van der Waals surface area contributed by atoms with Gasteiger partial charge in [0.25, 0.3) is 5.91 Å². The van der Waals surface area contributed by atoms with Crippen LogP contribution < -0.4 is 21.7 Å². The zero-order valence-corrected chi connectivity index (χ0v) is 23.7. The number of carbonyl (C=O) groups excluding carboxylic acids is 3. The number of nitrogens with two attached hydrogens (primary N) is 1. The average molecular weight is 590 g/mol. The minimum atomic E-state index is -1.35. The Morgan fingerprint density at radius 1 is 1.15 bits per heavy atom. The van der Waals surface area contributed by atoms with E-state index in [1.807, 2.05) is 20.8 Å². The summed E-state index contributed by atoms with van der Waals surface area (Å²) in [5.41, 5.74) is 5.06. The van der Waals surface area contributed by atoms with Gasteiger partial charge < -0.3 is 21.7 Å². The van der Waals surface area contributed by atoms with Gasteiger partial charge in [0.2, 0.25) is 11.8 Å². The van der Waals surface area contributed by atoms with Crippen LogP contribution in [0.5, 0.6) is 0 Å². The smallest absolute Gasteiger partial charge is 0.258 e. The Hall–Kier alpha value is -2.98. The highest BCUT2D eigenvalue weighted by atomic mass is 35.5. The highest BCUT2D eigenvalue weighted by Gasteiger charge is 2.66. The number of anilines is 2. The molecule has 0 radical (unpaired) electrons. The molecule has 5 N–H and O–H groups in total. The van der Waals surface area contributed by atoms with Crippen molar-refractivity contribution in [1.29, 1.82) is 0 Å². The third-order valence-corrected chi connectivity index (χ3v) is 8.86. The summed E-state index contributed by atoms with van der Waals surface area (Å²) in [6, 6.07) is 11.2. The highest BCUT2D eigenvalue weighted by molar-refractivity contribution is 7.18. The van der Waals surface area contributed by atoms with Crippen molar-refractivity contribution in [2.45, 2.75) is 50.6 Å². The average Bonchev–Trinajstić information content (AvgIpc) is 3.51. The molecule has 204 valence electrons. The molecule has 0 aliphatic carbocycles. The zero-order chi connectivity index (χ0) is 28.3. The molecular weight excluding hydrogens is 562 g/mol. The van der Waals surface area contributed by atoms with E-state index in [1.54, 1.807) is 36.4 Å². The summed E-state index contributed by atoms with van der Waals surface area (Å²) in [7, 11) is 0. The Labute approximate surface area is 239 Å². The van der Waals surface area contributed by atoms with E-state index in [4.69, 9.17) is 28.9 Å². The Kier molecular flexibility index (Phi) is 6.99. The van der Waals surface area contributed by atoms with Crippen LogP contribution >= 0.6 is 34.5 Å². The summed E-state index contributed by atoms with van der Waals surface area (Å²) in [6.07, 6.45) is 0.496. The Morgan fingerprint density at radius 2 is 1.90 bits per heavy atom. The molecule has 0 bridgehead atoms. The van der Waals surface area contributed by atoms with Gasteiger partial charge >= 0.3 is 0 Å².